The van der Waals surface area contributed by atoms with Gasteiger partial charge >= 0.3 is 0 Å². The molecular formula is C8H17Cl2Si2. The van der Waals surface area contributed by atoms with Crippen LogP contribution in [0.15, 0.2) is 0 Å². The van der Waals surface area contributed by atoms with Crippen molar-refractivity contribution in [2.45, 2.75) is 50.0 Å². The minimum atomic E-state index is -1.71. The van der Waals surface area contributed by atoms with Crippen LogP contribution in [-0.4, -0.2) is 15.5 Å². The maximum Gasteiger partial charge on any atom is 0.248 e. The van der Waals surface area contributed by atoms with Crippen molar-refractivity contribution in [3.8, 4) is 0 Å². The molecule has 0 aromatic rings. The van der Waals surface area contributed by atoms with Gasteiger partial charge in [-0.1, -0.05) is 38.3 Å². The van der Waals surface area contributed by atoms with Crippen molar-refractivity contribution >= 4 is 37.6 Å². The van der Waals surface area contributed by atoms with Crippen LogP contribution in [-0.2, 0) is 0 Å². The Hall–Kier alpha value is 1.01. The summed E-state index contributed by atoms with van der Waals surface area (Å²) in [4.78, 5) is 0. The number of hydrogen-bond donors (Lipinski definition) is 0. The average Bonchev–Trinajstić information content (AvgIpc) is 1.99. The van der Waals surface area contributed by atoms with Gasteiger partial charge in [-0.3, -0.25) is 0 Å². The van der Waals surface area contributed by atoms with E-state index < -0.39 is 6.69 Å². The molecule has 0 unspecified atom stereocenters. The molecule has 0 saturated carbocycles. The lowest BCUT2D eigenvalue weighted by Crippen LogP contribution is -2.33. The lowest BCUT2D eigenvalue weighted by Gasteiger charge is -2.28. The van der Waals surface area contributed by atoms with E-state index in [2.05, 4.69) is 6.92 Å². The largest absolute Gasteiger partial charge is 0.248 e. The van der Waals surface area contributed by atoms with Crippen LogP contribution in [0.2, 0.25) is 23.8 Å². The van der Waals surface area contributed by atoms with Crippen LogP contribution in [0, 0.1) is 0 Å². The van der Waals surface area contributed by atoms with E-state index in [0.717, 1.165) is 6.04 Å². The second-order valence-corrected chi connectivity index (χ2v) is 14.8. The quantitative estimate of drug-likeness (QED) is 0.513. The van der Waals surface area contributed by atoms with Gasteiger partial charge in [-0.15, -0.1) is 22.2 Å². The van der Waals surface area contributed by atoms with Crippen molar-refractivity contribution in [3.05, 3.63) is 0 Å². The Kier molecular flexibility index (Phi) is 4.65. The molecule has 71 valence electrons. The number of rotatable bonds is 3. The summed E-state index contributed by atoms with van der Waals surface area (Å²) in [7, 11) is -0.119. The van der Waals surface area contributed by atoms with Crippen LogP contribution in [0.25, 0.3) is 0 Å². The molecule has 0 N–H and O–H groups in total. The van der Waals surface area contributed by atoms with E-state index in [-0.39, 0.29) is 8.80 Å². The van der Waals surface area contributed by atoms with Gasteiger partial charge in [0.2, 0.25) is 6.69 Å². The lowest BCUT2D eigenvalue weighted by molar-refractivity contribution is 0.861. The van der Waals surface area contributed by atoms with Crippen molar-refractivity contribution in [2.24, 2.45) is 0 Å². The molecule has 1 rings (SSSR count). The zero-order valence-corrected chi connectivity index (χ0v) is 11.2. The van der Waals surface area contributed by atoms with Gasteiger partial charge in [-0.2, -0.15) is 0 Å². The molecule has 0 amide bonds. The first-order valence-corrected chi connectivity index (χ1v) is 11.4. The van der Waals surface area contributed by atoms with Gasteiger partial charge < -0.3 is 0 Å². The Morgan fingerprint density at radius 2 is 2.17 bits per heavy atom. The summed E-state index contributed by atoms with van der Waals surface area (Å²) in [5, 5.41) is 0. The van der Waals surface area contributed by atoms with Gasteiger partial charge in [0, 0.05) is 8.80 Å². The van der Waals surface area contributed by atoms with E-state index in [4.69, 9.17) is 22.2 Å². The minimum Gasteiger partial charge on any atom is -0.146 e. The first kappa shape index (κ1) is 11.1. The van der Waals surface area contributed by atoms with Gasteiger partial charge in [0.1, 0.15) is 0 Å². The van der Waals surface area contributed by atoms with Crippen LogP contribution in [0.4, 0.5) is 0 Å². The van der Waals surface area contributed by atoms with Crippen LogP contribution < -0.4 is 0 Å². The second-order valence-electron chi connectivity index (χ2n) is 3.74. The first-order chi connectivity index (χ1) is 5.64. The van der Waals surface area contributed by atoms with Gasteiger partial charge in [-0.05, 0) is 11.7 Å². The van der Waals surface area contributed by atoms with Crippen molar-refractivity contribution in [3.63, 3.8) is 0 Å². The van der Waals surface area contributed by atoms with E-state index >= 15 is 0 Å². The fourth-order valence-corrected chi connectivity index (χ4v) is 13.9. The molecule has 1 aliphatic rings. The average molecular weight is 240 g/mol. The van der Waals surface area contributed by atoms with Crippen molar-refractivity contribution in [1.82, 2.24) is 0 Å². The van der Waals surface area contributed by atoms with Crippen LogP contribution in [0.3, 0.4) is 0 Å². The summed E-state index contributed by atoms with van der Waals surface area (Å²) < 4.78 is 0. The molecular weight excluding hydrogens is 223 g/mol. The molecule has 1 heterocycles. The van der Waals surface area contributed by atoms with E-state index in [0.29, 0.717) is 0 Å². The normalized spacial score (nSPS) is 24.2. The predicted molar refractivity (Wildman–Crippen MR) is 62.0 cm³/mol. The molecule has 4 heteroatoms. The third kappa shape index (κ3) is 3.82. The SMILES string of the molecule is CCCC[Si]1CCC[Si](Cl)(Cl)C1. The highest BCUT2D eigenvalue weighted by molar-refractivity contribution is 7.47. The summed E-state index contributed by atoms with van der Waals surface area (Å²) in [5.41, 5.74) is 1.25. The van der Waals surface area contributed by atoms with Crippen LogP contribution in [0.1, 0.15) is 26.2 Å². The zero-order chi connectivity index (χ0) is 9.03. The maximum absolute atomic E-state index is 6.28. The Balaban J connectivity index is 2.26. The molecule has 1 radical (unpaired) electrons. The standard InChI is InChI=1S/C8H17Cl2Si2/c1-2-3-5-11-6-4-7-12(9,10)8-11/h2-8H2,1H3. The van der Waals surface area contributed by atoms with E-state index in [1.165, 1.54) is 37.0 Å². The Morgan fingerprint density at radius 3 is 2.75 bits per heavy atom. The summed E-state index contributed by atoms with van der Waals surface area (Å²) in [6.07, 6.45) is 4.04. The number of hydrogen-bond acceptors (Lipinski definition) is 0. The van der Waals surface area contributed by atoms with Gasteiger partial charge in [0.25, 0.3) is 0 Å². The van der Waals surface area contributed by atoms with E-state index in [1.807, 2.05) is 0 Å². The topological polar surface area (TPSA) is 0 Å². The van der Waals surface area contributed by atoms with Gasteiger partial charge in [0.05, 0.1) is 0 Å². The predicted octanol–water partition coefficient (Wildman–Crippen LogP) is 4.14. The number of unbranched alkanes of at least 4 members (excludes halogenated alkanes) is 1. The molecule has 0 aromatic carbocycles. The zero-order valence-electron chi connectivity index (χ0n) is 7.71. The van der Waals surface area contributed by atoms with E-state index in [1.54, 1.807) is 0 Å². The molecule has 0 nitrogen and oxygen atoms in total. The molecule has 0 aromatic heterocycles. The fraction of sp³-hybridized carbons (Fsp3) is 1.00. The third-order valence-corrected chi connectivity index (χ3v) is 13.3. The summed E-state index contributed by atoms with van der Waals surface area (Å²) >= 11 is 12.6. The molecule has 1 fully saturated rings. The molecule has 0 aliphatic carbocycles. The van der Waals surface area contributed by atoms with Crippen LogP contribution >= 0.6 is 22.2 Å². The van der Waals surface area contributed by atoms with Crippen LogP contribution in [0.5, 0.6) is 0 Å². The summed E-state index contributed by atoms with van der Waals surface area (Å²) in [6.45, 7) is 0.547. The number of halogens is 2. The fourth-order valence-electron chi connectivity index (χ4n) is 1.78. The van der Waals surface area contributed by atoms with Gasteiger partial charge in [0.15, 0.2) is 0 Å². The van der Waals surface area contributed by atoms with Crippen molar-refractivity contribution in [1.29, 1.82) is 0 Å². The molecule has 1 aliphatic heterocycles. The third-order valence-electron chi connectivity index (χ3n) is 2.47. The summed E-state index contributed by atoms with van der Waals surface area (Å²) in [5.74, 6) is 0. The van der Waals surface area contributed by atoms with Crippen molar-refractivity contribution < 1.29 is 0 Å². The Labute approximate surface area is 87.7 Å². The van der Waals surface area contributed by atoms with E-state index in [9.17, 15) is 0 Å². The smallest absolute Gasteiger partial charge is 0.146 e. The summed E-state index contributed by atoms with van der Waals surface area (Å²) in [6, 6.07) is 4.07. The highest BCUT2D eigenvalue weighted by atomic mass is 35.7. The lowest BCUT2D eigenvalue weighted by atomic mass is 10.4. The molecule has 0 spiro atoms. The monoisotopic (exact) mass is 239 g/mol. The Morgan fingerprint density at radius 1 is 1.42 bits per heavy atom. The minimum absolute atomic E-state index is 0.119. The first-order valence-electron chi connectivity index (χ1n) is 4.85. The highest BCUT2D eigenvalue weighted by Gasteiger charge is 2.35. The molecule has 0 bridgehead atoms. The molecule has 1 saturated heterocycles. The maximum atomic E-state index is 6.28. The highest BCUT2D eigenvalue weighted by Crippen LogP contribution is 2.36. The van der Waals surface area contributed by atoms with Gasteiger partial charge in [-0.25, -0.2) is 0 Å². The Bertz CT molecular complexity index is 139. The van der Waals surface area contributed by atoms with Crippen molar-refractivity contribution in [2.75, 3.05) is 0 Å². The second kappa shape index (κ2) is 5.03. The molecule has 12 heavy (non-hydrogen) atoms. The molecule has 0 atom stereocenters.